The Morgan fingerprint density at radius 1 is 1.10 bits per heavy atom. The van der Waals surface area contributed by atoms with E-state index < -0.39 is 0 Å². The van der Waals surface area contributed by atoms with Gasteiger partial charge < -0.3 is 10.2 Å². The van der Waals surface area contributed by atoms with Crippen molar-refractivity contribution in [2.75, 3.05) is 31.1 Å². The lowest BCUT2D eigenvalue weighted by Crippen LogP contribution is -2.60. The van der Waals surface area contributed by atoms with Crippen LogP contribution in [-0.4, -0.2) is 51.7 Å². The highest BCUT2D eigenvalue weighted by Crippen LogP contribution is 2.54. The average molecular weight is 425 g/mol. The third kappa shape index (κ3) is 3.48. The molecule has 5 rings (SSSR count). The summed E-state index contributed by atoms with van der Waals surface area (Å²) in [6.07, 6.45) is 9.78. The fourth-order valence-corrected chi connectivity index (χ4v) is 7.32. The van der Waals surface area contributed by atoms with Gasteiger partial charge in [-0.1, -0.05) is 50.5 Å². The Hall–Kier alpha value is -1.79. The van der Waals surface area contributed by atoms with Gasteiger partial charge in [0.1, 0.15) is 10.8 Å². The van der Waals surface area contributed by atoms with Crippen LogP contribution in [0.3, 0.4) is 0 Å². The molecule has 1 aromatic carbocycles. The Morgan fingerprint density at radius 2 is 1.83 bits per heavy atom. The Bertz CT molecular complexity index is 920. The molecule has 5 nitrogen and oxygen atoms in total. The maximum Gasteiger partial charge on any atom is 0.238 e. The monoisotopic (exact) mass is 424 g/mol. The van der Waals surface area contributed by atoms with Crippen LogP contribution in [0.2, 0.25) is 0 Å². The van der Waals surface area contributed by atoms with E-state index in [2.05, 4.69) is 52.4 Å². The molecular weight excluding hydrogens is 392 g/mol. The number of piperazine rings is 1. The minimum atomic E-state index is -0.222. The lowest BCUT2D eigenvalue weighted by Gasteiger charge is -2.45. The second kappa shape index (κ2) is 8.04. The minimum Gasteiger partial charge on any atom is -0.354 e. The van der Waals surface area contributed by atoms with Gasteiger partial charge in [0.25, 0.3) is 0 Å². The van der Waals surface area contributed by atoms with Gasteiger partial charge in [-0.3, -0.25) is 9.69 Å². The van der Waals surface area contributed by atoms with E-state index in [0.717, 1.165) is 64.1 Å². The van der Waals surface area contributed by atoms with Crippen molar-refractivity contribution >= 4 is 34.3 Å². The standard InChI is InChI=1S/C24H32N4OS/c1-2-3-12-24(26-22(29)23(30-24)10-6-7-11-23)28-15-13-27(14-16-28)21-17-19-8-4-5-9-20(19)18-25-21/h4-5,8-9,17-18H,2-3,6-7,10-16H2,1H3,(H,26,29). The first kappa shape index (κ1) is 20.1. The number of rotatable bonds is 5. The largest absolute Gasteiger partial charge is 0.354 e. The van der Waals surface area contributed by atoms with Crippen molar-refractivity contribution < 1.29 is 4.79 Å². The number of thioether (sulfide) groups is 1. The average Bonchev–Trinajstić information content (AvgIpc) is 3.37. The van der Waals surface area contributed by atoms with Crippen LogP contribution in [0.15, 0.2) is 36.5 Å². The molecule has 160 valence electrons. The molecule has 30 heavy (non-hydrogen) atoms. The number of pyridine rings is 1. The van der Waals surface area contributed by atoms with Crippen molar-refractivity contribution in [1.82, 2.24) is 15.2 Å². The molecule has 2 aliphatic heterocycles. The van der Waals surface area contributed by atoms with E-state index in [1.807, 2.05) is 18.0 Å². The number of carbonyl (C=O) groups is 1. The van der Waals surface area contributed by atoms with Gasteiger partial charge in [-0.05, 0) is 37.1 Å². The molecule has 1 saturated carbocycles. The number of anilines is 1. The number of amides is 1. The maximum atomic E-state index is 13.1. The molecule has 2 saturated heterocycles. The molecule has 3 heterocycles. The second-order valence-corrected chi connectivity index (χ2v) is 10.7. The summed E-state index contributed by atoms with van der Waals surface area (Å²) >= 11 is 1.95. The predicted molar refractivity (Wildman–Crippen MR) is 125 cm³/mol. The van der Waals surface area contributed by atoms with Gasteiger partial charge >= 0.3 is 0 Å². The first-order valence-electron chi connectivity index (χ1n) is 11.5. The summed E-state index contributed by atoms with van der Waals surface area (Å²) < 4.78 is -0.176. The predicted octanol–water partition coefficient (Wildman–Crippen LogP) is 4.38. The lowest BCUT2D eigenvalue weighted by atomic mass is 10.1. The summed E-state index contributed by atoms with van der Waals surface area (Å²) in [5.41, 5.74) is 0. The van der Waals surface area contributed by atoms with Crippen LogP contribution in [0.4, 0.5) is 5.82 Å². The van der Waals surface area contributed by atoms with E-state index in [4.69, 9.17) is 4.98 Å². The number of carbonyl (C=O) groups excluding carboxylic acids is 1. The van der Waals surface area contributed by atoms with Gasteiger partial charge in [0.05, 0.1) is 4.75 Å². The van der Waals surface area contributed by atoms with E-state index >= 15 is 0 Å². The number of hydrogen-bond donors (Lipinski definition) is 1. The molecule has 1 aliphatic carbocycles. The molecule has 1 amide bonds. The summed E-state index contributed by atoms with van der Waals surface area (Å²) in [5.74, 6) is 1.35. The summed E-state index contributed by atoms with van der Waals surface area (Å²) in [7, 11) is 0. The van der Waals surface area contributed by atoms with Crippen LogP contribution in [0.25, 0.3) is 10.8 Å². The van der Waals surface area contributed by atoms with Crippen LogP contribution in [0, 0.1) is 0 Å². The quantitative estimate of drug-likeness (QED) is 0.772. The molecule has 1 aromatic heterocycles. The molecule has 3 fully saturated rings. The van der Waals surface area contributed by atoms with Crippen LogP contribution in [-0.2, 0) is 4.79 Å². The number of nitrogens with zero attached hydrogens (tertiary/aromatic N) is 3. The third-order valence-electron chi connectivity index (χ3n) is 7.10. The number of unbranched alkanes of at least 4 members (excludes halogenated alkanes) is 1. The highest BCUT2D eigenvalue weighted by Gasteiger charge is 2.58. The number of nitrogens with one attached hydrogen (secondary N) is 1. The summed E-state index contributed by atoms with van der Waals surface area (Å²) in [6.45, 7) is 6.05. The van der Waals surface area contributed by atoms with E-state index in [9.17, 15) is 4.79 Å². The van der Waals surface area contributed by atoms with E-state index in [-0.39, 0.29) is 9.74 Å². The van der Waals surface area contributed by atoms with Gasteiger partial charge in [0, 0.05) is 37.8 Å². The zero-order valence-corrected chi connectivity index (χ0v) is 18.7. The van der Waals surface area contributed by atoms with Crippen molar-refractivity contribution in [1.29, 1.82) is 0 Å². The highest BCUT2D eigenvalue weighted by molar-refractivity contribution is 8.03. The number of hydrogen-bond acceptors (Lipinski definition) is 5. The lowest BCUT2D eigenvalue weighted by molar-refractivity contribution is -0.124. The van der Waals surface area contributed by atoms with Gasteiger partial charge in [0.15, 0.2) is 0 Å². The van der Waals surface area contributed by atoms with Crippen molar-refractivity contribution in [2.24, 2.45) is 0 Å². The normalized spacial score (nSPS) is 26.6. The molecule has 6 heteroatoms. The summed E-state index contributed by atoms with van der Waals surface area (Å²) in [6, 6.07) is 10.6. The number of fused-ring (bicyclic) bond motifs is 1. The Labute approximate surface area is 183 Å². The third-order valence-corrected chi connectivity index (χ3v) is 8.98. The molecule has 1 atom stereocenters. The fraction of sp³-hybridized carbons (Fsp3) is 0.583. The van der Waals surface area contributed by atoms with Crippen LogP contribution < -0.4 is 10.2 Å². The second-order valence-electron chi connectivity index (χ2n) is 9.01. The summed E-state index contributed by atoms with van der Waals surface area (Å²) in [5, 5.41) is 5.93. The molecular formula is C24H32N4OS. The summed E-state index contributed by atoms with van der Waals surface area (Å²) in [4.78, 5) is 22.5. The molecule has 0 radical (unpaired) electrons. The number of aromatic nitrogens is 1. The van der Waals surface area contributed by atoms with Crippen molar-refractivity contribution in [3.8, 4) is 0 Å². The van der Waals surface area contributed by atoms with E-state index in [1.54, 1.807) is 0 Å². The van der Waals surface area contributed by atoms with E-state index in [1.165, 1.54) is 23.6 Å². The van der Waals surface area contributed by atoms with Crippen molar-refractivity contribution in [3.05, 3.63) is 36.5 Å². The van der Waals surface area contributed by atoms with Crippen molar-refractivity contribution in [3.63, 3.8) is 0 Å². The molecule has 2 aromatic rings. The van der Waals surface area contributed by atoms with Gasteiger partial charge in [0.2, 0.25) is 5.91 Å². The van der Waals surface area contributed by atoms with Gasteiger partial charge in [-0.2, -0.15) is 0 Å². The molecule has 1 unspecified atom stereocenters. The number of benzene rings is 1. The van der Waals surface area contributed by atoms with Gasteiger partial charge in [-0.15, -0.1) is 11.8 Å². The van der Waals surface area contributed by atoms with Crippen LogP contribution >= 0.6 is 11.8 Å². The molecule has 3 aliphatic rings. The fourth-order valence-electron chi connectivity index (χ4n) is 5.33. The zero-order chi connectivity index (χ0) is 20.6. The first-order chi connectivity index (χ1) is 14.6. The van der Waals surface area contributed by atoms with Crippen molar-refractivity contribution in [2.45, 2.75) is 61.6 Å². The Balaban J connectivity index is 1.32. The highest BCUT2D eigenvalue weighted by atomic mass is 32.2. The molecule has 1 spiro atoms. The van der Waals surface area contributed by atoms with Crippen LogP contribution in [0.1, 0.15) is 51.9 Å². The van der Waals surface area contributed by atoms with E-state index in [0.29, 0.717) is 5.91 Å². The smallest absolute Gasteiger partial charge is 0.238 e. The Kier molecular flexibility index (Phi) is 5.40. The molecule has 1 N–H and O–H groups in total. The maximum absolute atomic E-state index is 13.1. The molecule has 0 bridgehead atoms. The zero-order valence-electron chi connectivity index (χ0n) is 17.9. The first-order valence-corrected chi connectivity index (χ1v) is 12.3. The topological polar surface area (TPSA) is 48.5 Å². The van der Waals surface area contributed by atoms with Crippen LogP contribution in [0.5, 0.6) is 0 Å². The Morgan fingerprint density at radius 3 is 2.57 bits per heavy atom. The SMILES string of the molecule is CCCCC1(N2CCN(c3cc4ccccc4cn3)CC2)NC(=O)C2(CCCC2)S1. The van der Waals surface area contributed by atoms with Gasteiger partial charge in [-0.25, -0.2) is 4.98 Å². The minimum absolute atomic E-state index is 0.176.